The van der Waals surface area contributed by atoms with Crippen LogP contribution < -0.4 is 5.32 Å². The second-order valence-electron chi connectivity index (χ2n) is 3.91. The quantitative estimate of drug-likeness (QED) is 0.843. The van der Waals surface area contributed by atoms with Crippen LogP contribution in [0.4, 0.5) is 0 Å². The summed E-state index contributed by atoms with van der Waals surface area (Å²) in [5, 5.41) is 5.02. The van der Waals surface area contributed by atoms with Crippen molar-refractivity contribution >= 4 is 23.4 Å². The van der Waals surface area contributed by atoms with Gasteiger partial charge in [0.05, 0.1) is 0 Å². The fraction of sp³-hybridized carbons (Fsp3) is 0.214. The van der Waals surface area contributed by atoms with Gasteiger partial charge in [0.2, 0.25) is 0 Å². The minimum Gasteiger partial charge on any atom is -0.316 e. The lowest BCUT2D eigenvalue weighted by atomic mass is 10.2. The van der Waals surface area contributed by atoms with Gasteiger partial charge < -0.3 is 5.32 Å². The van der Waals surface area contributed by atoms with Crippen LogP contribution in [0.1, 0.15) is 11.1 Å². The second-order valence-corrected chi connectivity index (χ2v) is 5.31. The number of aromatic nitrogens is 1. The molecule has 0 amide bonds. The number of hydrogen-bond donors (Lipinski definition) is 1. The van der Waals surface area contributed by atoms with Gasteiger partial charge in [0.15, 0.2) is 0 Å². The fourth-order valence-corrected chi connectivity index (χ4v) is 2.69. The van der Waals surface area contributed by atoms with Crippen LogP contribution in [0.3, 0.4) is 0 Å². The number of nitrogens with zero attached hydrogens (tertiary/aromatic N) is 1. The van der Waals surface area contributed by atoms with Crippen molar-refractivity contribution in [3.05, 3.63) is 58.7 Å². The topological polar surface area (TPSA) is 24.9 Å². The lowest BCUT2D eigenvalue weighted by Crippen LogP contribution is -2.06. The lowest BCUT2D eigenvalue weighted by Gasteiger charge is -2.07. The Hall–Kier alpha value is -1.03. The number of pyridine rings is 1. The van der Waals surface area contributed by atoms with E-state index in [2.05, 4.69) is 28.5 Å². The molecule has 4 heteroatoms. The molecule has 0 aliphatic heterocycles. The molecule has 0 aliphatic rings. The summed E-state index contributed by atoms with van der Waals surface area (Å²) < 4.78 is 0. The third kappa shape index (κ3) is 3.73. The van der Waals surface area contributed by atoms with Crippen molar-refractivity contribution in [3.8, 4) is 0 Å². The maximum Gasteiger partial charge on any atom is 0.101 e. The average Bonchev–Trinajstić information content (AvgIpc) is 2.40. The van der Waals surface area contributed by atoms with E-state index in [4.69, 9.17) is 11.6 Å². The van der Waals surface area contributed by atoms with Crippen molar-refractivity contribution in [1.29, 1.82) is 0 Å². The van der Waals surface area contributed by atoms with Crippen LogP contribution >= 0.6 is 23.4 Å². The Balaban J connectivity index is 2.03. The van der Waals surface area contributed by atoms with E-state index in [0.717, 1.165) is 22.3 Å². The lowest BCUT2D eigenvalue weighted by molar-refractivity contribution is 0.789. The predicted octanol–water partition coefficient (Wildman–Crippen LogP) is 3.75. The molecule has 0 bridgehead atoms. The molecule has 0 fully saturated rings. The van der Waals surface area contributed by atoms with Crippen LogP contribution in [0.25, 0.3) is 0 Å². The Bertz CT molecular complexity index is 499. The Labute approximate surface area is 117 Å². The van der Waals surface area contributed by atoms with E-state index in [1.165, 1.54) is 11.1 Å². The highest BCUT2D eigenvalue weighted by Gasteiger charge is 2.03. The molecule has 2 rings (SSSR count). The first-order valence-corrected chi connectivity index (χ1v) is 7.11. The minimum absolute atomic E-state index is 0.775. The maximum atomic E-state index is 5.87. The Morgan fingerprint density at radius 3 is 2.72 bits per heavy atom. The van der Waals surface area contributed by atoms with E-state index in [1.807, 2.05) is 31.4 Å². The summed E-state index contributed by atoms with van der Waals surface area (Å²) >= 11 is 7.62. The smallest absolute Gasteiger partial charge is 0.101 e. The van der Waals surface area contributed by atoms with Crippen LogP contribution in [0.15, 0.2) is 47.6 Å². The molecule has 0 saturated heterocycles. The van der Waals surface area contributed by atoms with Crippen molar-refractivity contribution in [1.82, 2.24) is 10.3 Å². The van der Waals surface area contributed by atoms with Gasteiger partial charge in [0.25, 0.3) is 0 Å². The van der Waals surface area contributed by atoms with Gasteiger partial charge in [-0.3, -0.25) is 0 Å². The molecule has 0 spiro atoms. The van der Waals surface area contributed by atoms with Crippen molar-refractivity contribution in [3.63, 3.8) is 0 Å². The van der Waals surface area contributed by atoms with Crippen molar-refractivity contribution in [2.75, 3.05) is 7.05 Å². The summed E-state index contributed by atoms with van der Waals surface area (Å²) in [6.45, 7) is 0.844. The van der Waals surface area contributed by atoms with E-state index < -0.39 is 0 Å². The number of halogens is 1. The predicted molar refractivity (Wildman–Crippen MR) is 78.0 cm³/mol. The fourth-order valence-electron chi connectivity index (χ4n) is 1.61. The van der Waals surface area contributed by atoms with Crippen molar-refractivity contribution in [2.45, 2.75) is 17.3 Å². The number of thioether (sulfide) groups is 1. The van der Waals surface area contributed by atoms with E-state index >= 15 is 0 Å². The number of nitrogens with one attached hydrogen (secondary N) is 1. The molecule has 94 valence electrons. The minimum atomic E-state index is 0.775. The molecular weight excluding hydrogens is 264 g/mol. The van der Waals surface area contributed by atoms with Crippen LogP contribution in [-0.4, -0.2) is 12.0 Å². The summed E-state index contributed by atoms with van der Waals surface area (Å²) in [5.41, 5.74) is 2.49. The van der Waals surface area contributed by atoms with Crippen LogP contribution in [-0.2, 0) is 12.3 Å². The standard InChI is InChI=1S/C14H15ClN2S/c1-16-9-12-3-2-8-17-14(12)18-10-11-4-6-13(15)7-5-11/h2-8,16H,9-10H2,1H3. The Morgan fingerprint density at radius 1 is 1.22 bits per heavy atom. The van der Waals surface area contributed by atoms with E-state index in [9.17, 15) is 0 Å². The molecule has 18 heavy (non-hydrogen) atoms. The highest BCUT2D eigenvalue weighted by atomic mass is 35.5. The molecule has 0 unspecified atom stereocenters. The highest BCUT2D eigenvalue weighted by molar-refractivity contribution is 7.98. The zero-order valence-corrected chi connectivity index (χ0v) is 11.8. The molecule has 1 aromatic heterocycles. The molecule has 2 nitrogen and oxygen atoms in total. The van der Waals surface area contributed by atoms with Crippen LogP contribution in [0.2, 0.25) is 5.02 Å². The third-order valence-electron chi connectivity index (χ3n) is 2.51. The summed E-state index contributed by atoms with van der Waals surface area (Å²) in [7, 11) is 1.95. The van der Waals surface area contributed by atoms with Crippen molar-refractivity contribution in [2.24, 2.45) is 0 Å². The summed E-state index contributed by atoms with van der Waals surface area (Å²) in [6, 6.07) is 12.0. The van der Waals surface area contributed by atoms with Gasteiger partial charge in [-0.1, -0.05) is 29.8 Å². The monoisotopic (exact) mass is 278 g/mol. The molecule has 2 aromatic rings. The molecule has 1 heterocycles. The van der Waals surface area contributed by atoms with Crippen LogP contribution in [0.5, 0.6) is 0 Å². The van der Waals surface area contributed by atoms with Gasteiger partial charge in [-0.05, 0) is 36.4 Å². The number of rotatable bonds is 5. The molecule has 0 aliphatic carbocycles. The number of benzene rings is 1. The first kappa shape index (κ1) is 13.4. The molecular formula is C14H15ClN2S. The average molecular weight is 279 g/mol. The normalized spacial score (nSPS) is 10.6. The number of hydrogen-bond acceptors (Lipinski definition) is 3. The zero-order chi connectivity index (χ0) is 12.8. The van der Waals surface area contributed by atoms with Gasteiger partial charge in [0, 0.05) is 23.5 Å². The summed E-state index contributed by atoms with van der Waals surface area (Å²) in [6.07, 6.45) is 1.84. The van der Waals surface area contributed by atoms with Gasteiger partial charge in [0.1, 0.15) is 5.03 Å². The highest BCUT2D eigenvalue weighted by Crippen LogP contribution is 2.24. The van der Waals surface area contributed by atoms with Crippen molar-refractivity contribution < 1.29 is 0 Å². The van der Waals surface area contributed by atoms with Gasteiger partial charge >= 0.3 is 0 Å². The first-order valence-electron chi connectivity index (χ1n) is 5.75. The largest absolute Gasteiger partial charge is 0.316 e. The van der Waals surface area contributed by atoms with Gasteiger partial charge in [-0.15, -0.1) is 11.8 Å². The molecule has 0 radical (unpaired) electrons. The van der Waals surface area contributed by atoms with Gasteiger partial charge in [-0.2, -0.15) is 0 Å². The molecule has 1 N–H and O–H groups in total. The summed E-state index contributed by atoms with van der Waals surface area (Å²) in [4.78, 5) is 4.43. The molecule has 0 atom stereocenters. The molecule has 0 saturated carbocycles. The SMILES string of the molecule is CNCc1cccnc1SCc1ccc(Cl)cc1. The Kier molecular flexibility index (Phi) is 5.05. The zero-order valence-electron chi connectivity index (χ0n) is 10.2. The third-order valence-corrected chi connectivity index (χ3v) is 3.88. The molecule has 1 aromatic carbocycles. The van der Waals surface area contributed by atoms with E-state index in [0.29, 0.717) is 0 Å². The second kappa shape index (κ2) is 6.78. The first-order chi connectivity index (χ1) is 8.79. The van der Waals surface area contributed by atoms with Crippen LogP contribution in [0, 0.1) is 0 Å². The van der Waals surface area contributed by atoms with E-state index in [1.54, 1.807) is 11.8 Å². The van der Waals surface area contributed by atoms with Gasteiger partial charge in [-0.25, -0.2) is 4.98 Å². The van der Waals surface area contributed by atoms with E-state index in [-0.39, 0.29) is 0 Å². The Morgan fingerprint density at radius 2 is 2.00 bits per heavy atom. The maximum absolute atomic E-state index is 5.87. The summed E-state index contributed by atoms with van der Waals surface area (Å²) in [5.74, 6) is 0.908.